The fourth-order valence-corrected chi connectivity index (χ4v) is 3.67. The van der Waals surface area contributed by atoms with Crippen molar-refractivity contribution in [1.82, 2.24) is 14.8 Å². The van der Waals surface area contributed by atoms with Gasteiger partial charge in [0, 0.05) is 10.9 Å². The van der Waals surface area contributed by atoms with Crippen molar-refractivity contribution >= 4 is 22.4 Å². The monoisotopic (exact) mass is 426 g/mol. The van der Waals surface area contributed by atoms with Crippen molar-refractivity contribution in [1.29, 1.82) is 0 Å². The van der Waals surface area contributed by atoms with Crippen LogP contribution in [0.25, 0.3) is 16.9 Å². The van der Waals surface area contributed by atoms with Crippen molar-refractivity contribution in [2.75, 3.05) is 12.4 Å². The van der Waals surface area contributed by atoms with E-state index in [1.165, 1.54) is 47.5 Å². The number of nitrogens with one attached hydrogen (secondary N) is 1. The molecule has 0 aliphatic rings. The normalized spacial score (nSPS) is 10.8. The summed E-state index contributed by atoms with van der Waals surface area (Å²) in [6.07, 6.45) is 1.38. The van der Waals surface area contributed by atoms with Gasteiger partial charge in [-0.1, -0.05) is 12.1 Å². The minimum atomic E-state index is -0.496. The van der Waals surface area contributed by atoms with Gasteiger partial charge in [-0.05, 0) is 37.3 Å². The zero-order valence-corrected chi connectivity index (χ0v) is 16.8. The maximum atomic E-state index is 14.0. The number of thiazole rings is 1. The van der Waals surface area contributed by atoms with Gasteiger partial charge in [0.15, 0.2) is 16.7 Å². The molecule has 1 amide bonds. The predicted octanol–water partition coefficient (Wildman–Crippen LogP) is 4.84. The van der Waals surface area contributed by atoms with E-state index < -0.39 is 17.5 Å². The van der Waals surface area contributed by atoms with Gasteiger partial charge in [0.05, 0.1) is 30.3 Å². The van der Waals surface area contributed by atoms with Crippen molar-refractivity contribution in [3.63, 3.8) is 0 Å². The SMILES string of the molecule is COc1ccc(-c2csc(NC(=O)c3cnn(-c4ccccc4F)c3C)n2)cc1F. The number of amides is 1. The highest BCUT2D eigenvalue weighted by molar-refractivity contribution is 7.14. The van der Waals surface area contributed by atoms with E-state index in [2.05, 4.69) is 15.4 Å². The summed E-state index contributed by atoms with van der Waals surface area (Å²) in [5, 5.41) is 8.91. The quantitative estimate of drug-likeness (QED) is 0.496. The standard InChI is InChI=1S/C21H16F2N4O2S/c1-12-14(10-24-27(12)18-6-4-3-5-15(18)22)20(28)26-21-25-17(11-30-21)13-7-8-19(29-2)16(23)9-13/h3-11H,1-2H3,(H,25,26,28). The molecule has 6 nitrogen and oxygen atoms in total. The van der Waals surface area contributed by atoms with E-state index in [0.717, 1.165) is 0 Å². The number of rotatable bonds is 5. The fraction of sp³-hybridized carbons (Fsp3) is 0.0952. The third kappa shape index (κ3) is 3.67. The van der Waals surface area contributed by atoms with E-state index in [1.807, 2.05) is 0 Å². The lowest BCUT2D eigenvalue weighted by atomic mass is 10.1. The summed E-state index contributed by atoms with van der Waals surface area (Å²) in [6, 6.07) is 10.7. The number of para-hydroxylation sites is 1. The molecule has 0 aliphatic carbocycles. The summed E-state index contributed by atoms with van der Waals surface area (Å²) < 4.78 is 34.3. The van der Waals surface area contributed by atoms with Gasteiger partial charge < -0.3 is 4.74 Å². The van der Waals surface area contributed by atoms with Crippen LogP contribution in [0.5, 0.6) is 5.75 Å². The molecule has 4 rings (SSSR count). The van der Waals surface area contributed by atoms with Gasteiger partial charge in [0.1, 0.15) is 11.5 Å². The van der Waals surface area contributed by atoms with Crippen molar-refractivity contribution < 1.29 is 18.3 Å². The van der Waals surface area contributed by atoms with Crippen LogP contribution in [0.2, 0.25) is 0 Å². The Bertz CT molecular complexity index is 1240. The number of hydrogen-bond acceptors (Lipinski definition) is 5. The van der Waals surface area contributed by atoms with Gasteiger partial charge in [-0.2, -0.15) is 5.10 Å². The molecule has 2 aromatic heterocycles. The number of carbonyl (C=O) groups excluding carboxylic acids is 1. The third-order valence-corrected chi connectivity index (χ3v) is 5.26. The molecule has 0 aliphatic heterocycles. The second kappa shape index (κ2) is 8.03. The molecule has 0 fully saturated rings. The first-order chi connectivity index (χ1) is 14.5. The van der Waals surface area contributed by atoms with Gasteiger partial charge >= 0.3 is 0 Å². The molecule has 4 aromatic rings. The summed E-state index contributed by atoms with van der Waals surface area (Å²) >= 11 is 1.21. The summed E-state index contributed by atoms with van der Waals surface area (Å²) in [6.45, 7) is 1.68. The topological polar surface area (TPSA) is 69.0 Å². The van der Waals surface area contributed by atoms with Crippen LogP contribution in [0.1, 0.15) is 16.1 Å². The number of nitrogens with zero attached hydrogens (tertiary/aromatic N) is 3. The lowest BCUT2D eigenvalue weighted by molar-refractivity contribution is 0.102. The second-order valence-electron chi connectivity index (χ2n) is 6.35. The first-order valence-corrected chi connectivity index (χ1v) is 9.76. The molecule has 0 saturated heterocycles. The molecular weight excluding hydrogens is 410 g/mol. The highest BCUT2D eigenvalue weighted by atomic mass is 32.1. The Kier molecular flexibility index (Phi) is 5.28. The summed E-state index contributed by atoms with van der Waals surface area (Å²) in [5.74, 6) is -1.21. The number of hydrogen-bond donors (Lipinski definition) is 1. The minimum absolute atomic E-state index is 0.143. The molecule has 152 valence electrons. The van der Waals surface area contributed by atoms with E-state index in [0.29, 0.717) is 27.6 Å². The molecule has 30 heavy (non-hydrogen) atoms. The first-order valence-electron chi connectivity index (χ1n) is 8.88. The van der Waals surface area contributed by atoms with Crippen LogP contribution in [0.4, 0.5) is 13.9 Å². The van der Waals surface area contributed by atoms with E-state index in [4.69, 9.17) is 4.74 Å². The largest absolute Gasteiger partial charge is 0.494 e. The van der Waals surface area contributed by atoms with E-state index in [-0.39, 0.29) is 11.4 Å². The Hall–Kier alpha value is -3.59. The highest BCUT2D eigenvalue weighted by Gasteiger charge is 2.18. The van der Waals surface area contributed by atoms with E-state index >= 15 is 0 Å². The van der Waals surface area contributed by atoms with Crippen LogP contribution < -0.4 is 10.1 Å². The Balaban J connectivity index is 1.54. The van der Waals surface area contributed by atoms with E-state index in [9.17, 15) is 13.6 Å². The molecular formula is C21H16F2N4O2S. The van der Waals surface area contributed by atoms with Gasteiger partial charge in [0.25, 0.3) is 5.91 Å². The van der Waals surface area contributed by atoms with Crippen LogP contribution >= 0.6 is 11.3 Å². The number of benzene rings is 2. The van der Waals surface area contributed by atoms with Crippen molar-refractivity contribution in [3.8, 4) is 22.7 Å². The van der Waals surface area contributed by atoms with Crippen molar-refractivity contribution in [2.24, 2.45) is 0 Å². The molecule has 0 saturated carbocycles. The summed E-state index contributed by atoms with van der Waals surface area (Å²) in [4.78, 5) is 17.0. The van der Waals surface area contributed by atoms with Gasteiger partial charge in [-0.3, -0.25) is 10.1 Å². The van der Waals surface area contributed by atoms with Crippen LogP contribution in [-0.4, -0.2) is 27.8 Å². The lowest BCUT2D eigenvalue weighted by Crippen LogP contribution is -2.13. The molecule has 2 aromatic carbocycles. The molecule has 0 bridgehead atoms. The van der Waals surface area contributed by atoms with E-state index in [1.54, 1.807) is 36.6 Å². The number of ether oxygens (including phenoxy) is 1. The molecule has 9 heteroatoms. The second-order valence-corrected chi connectivity index (χ2v) is 7.21. The zero-order chi connectivity index (χ0) is 21.3. The van der Waals surface area contributed by atoms with Crippen molar-refractivity contribution in [2.45, 2.75) is 6.92 Å². The molecule has 2 heterocycles. The van der Waals surface area contributed by atoms with Crippen LogP contribution in [0.15, 0.2) is 54.0 Å². The Morgan fingerprint density at radius 3 is 2.70 bits per heavy atom. The molecule has 0 radical (unpaired) electrons. The number of halogens is 2. The molecule has 0 spiro atoms. The number of anilines is 1. The molecule has 0 unspecified atom stereocenters. The lowest BCUT2D eigenvalue weighted by Gasteiger charge is -2.06. The highest BCUT2D eigenvalue weighted by Crippen LogP contribution is 2.29. The third-order valence-electron chi connectivity index (χ3n) is 4.51. The maximum absolute atomic E-state index is 14.0. The molecule has 0 atom stereocenters. The van der Waals surface area contributed by atoms with Gasteiger partial charge in [-0.15, -0.1) is 11.3 Å². The Morgan fingerprint density at radius 2 is 1.97 bits per heavy atom. The van der Waals surface area contributed by atoms with Crippen molar-refractivity contribution in [3.05, 3.63) is 76.9 Å². The van der Waals surface area contributed by atoms with Gasteiger partial charge in [-0.25, -0.2) is 18.4 Å². The fourth-order valence-electron chi connectivity index (χ4n) is 2.95. The smallest absolute Gasteiger partial charge is 0.260 e. The first kappa shape index (κ1) is 19.7. The number of methoxy groups -OCH3 is 1. The average molecular weight is 426 g/mol. The summed E-state index contributed by atoms with van der Waals surface area (Å²) in [5.41, 5.74) is 2.13. The maximum Gasteiger partial charge on any atom is 0.260 e. The molecule has 1 N–H and O–H groups in total. The Labute approximate surface area is 174 Å². The van der Waals surface area contributed by atoms with Crippen LogP contribution in [0.3, 0.4) is 0 Å². The zero-order valence-electron chi connectivity index (χ0n) is 16.0. The summed E-state index contributed by atoms with van der Waals surface area (Å²) in [7, 11) is 1.39. The Morgan fingerprint density at radius 1 is 1.17 bits per heavy atom. The number of aromatic nitrogens is 3. The van der Waals surface area contributed by atoms with Crippen LogP contribution in [0, 0.1) is 18.6 Å². The number of carbonyl (C=O) groups is 1. The van der Waals surface area contributed by atoms with Crippen LogP contribution in [-0.2, 0) is 0 Å². The predicted molar refractivity (Wildman–Crippen MR) is 110 cm³/mol. The average Bonchev–Trinajstić information content (AvgIpc) is 3.35. The minimum Gasteiger partial charge on any atom is -0.494 e. The van der Waals surface area contributed by atoms with Gasteiger partial charge in [0.2, 0.25) is 0 Å².